The Morgan fingerprint density at radius 3 is 2.65 bits per heavy atom. The van der Waals surface area contributed by atoms with Crippen molar-refractivity contribution < 1.29 is 8.42 Å². The Hall–Kier alpha value is -1.82. The van der Waals surface area contributed by atoms with Gasteiger partial charge < -0.3 is 5.32 Å². The van der Waals surface area contributed by atoms with Gasteiger partial charge in [-0.2, -0.15) is 5.10 Å². The molecule has 0 amide bonds. The molecule has 1 heterocycles. The number of hydrogen-bond acceptors (Lipinski definition) is 4. The summed E-state index contributed by atoms with van der Waals surface area (Å²) in [6, 6.07) is 8.96. The summed E-state index contributed by atoms with van der Waals surface area (Å²) < 4.78 is 25.8. The molecule has 108 valence electrons. The Balaban J connectivity index is 2.06. The molecular weight excluding hydrogens is 274 g/mol. The molecule has 0 unspecified atom stereocenters. The predicted octanol–water partition coefficient (Wildman–Crippen LogP) is 1.87. The average molecular weight is 293 g/mol. The standard InChI is InChI=1S/C14H19N3O2S/c1-3-20(18,19)14-7-5-4-6-13(14)15-10-8-12-9-11-17(2)16-12/h4-7,9,11,15H,3,8,10H2,1-2H3. The maximum atomic E-state index is 12.0. The molecule has 0 spiro atoms. The largest absolute Gasteiger partial charge is 0.384 e. The third kappa shape index (κ3) is 3.39. The van der Waals surface area contributed by atoms with Gasteiger partial charge >= 0.3 is 0 Å². The Morgan fingerprint density at radius 1 is 1.25 bits per heavy atom. The van der Waals surface area contributed by atoms with Gasteiger partial charge in [0.25, 0.3) is 0 Å². The van der Waals surface area contributed by atoms with E-state index in [4.69, 9.17) is 0 Å². The third-order valence-corrected chi connectivity index (χ3v) is 4.85. The van der Waals surface area contributed by atoms with E-state index < -0.39 is 9.84 Å². The van der Waals surface area contributed by atoms with Crippen LogP contribution in [0.4, 0.5) is 5.69 Å². The summed E-state index contributed by atoms with van der Waals surface area (Å²) in [6.45, 7) is 2.30. The number of para-hydroxylation sites is 1. The van der Waals surface area contributed by atoms with Crippen LogP contribution in [0.25, 0.3) is 0 Å². The van der Waals surface area contributed by atoms with Crippen LogP contribution in [-0.2, 0) is 23.3 Å². The second-order valence-electron chi connectivity index (χ2n) is 4.56. The molecule has 2 aromatic rings. The number of nitrogens with zero attached hydrogens (tertiary/aromatic N) is 2. The van der Waals surface area contributed by atoms with E-state index in [1.807, 2.05) is 25.4 Å². The molecule has 1 aromatic carbocycles. The molecule has 0 saturated heterocycles. The molecule has 0 fully saturated rings. The van der Waals surface area contributed by atoms with E-state index in [2.05, 4.69) is 10.4 Å². The van der Waals surface area contributed by atoms with E-state index in [0.29, 0.717) is 17.1 Å². The topological polar surface area (TPSA) is 64.0 Å². The number of anilines is 1. The molecule has 5 nitrogen and oxygen atoms in total. The molecule has 1 N–H and O–H groups in total. The fourth-order valence-electron chi connectivity index (χ4n) is 1.96. The Bertz CT molecular complexity index is 677. The second kappa shape index (κ2) is 6.09. The summed E-state index contributed by atoms with van der Waals surface area (Å²) in [5, 5.41) is 7.47. The zero-order valence-electron chi connectivity index (χ0n) is 11.7. The van der Waals surface area contributed by atoms with Crippen LogP contribution in [0.15, 0.2) is 41.4 Å². The summed E-state index contributed by atoms with van der Waals surface area (Å²) in [4.78, 5) is 0.364. The van der Waals surface area contributed by atoms with E-state index >= 15 is 0 Å². The van der Waals surface area contributed by atoms with Gasteiger partial charge in [0.05, 0.1) is 22.0 Å². The first kappa shape index (κ1) is 14.6. The quantitative estimate of drug-likeness (QED) is 0.883. The normalized spacial score (nSPS) is 11.5. The summed E-state index contributed by atoms with van der Waals surface area (Å²) in [5.74, 6) is 0.103. The number of aryl methyl sites for hydroxylation is 1. The minimum absolute atomic E-state index is 0.103. The lowest BCUT2D eigenvalue weighted by molar-refractivity contribution is 0.597. The first-order valence-electron chi connectivity index (χ1n) is 6.57. The molecule has 20 heavy (non-hydrogen) atoms. The highest BCUT2D eigenvalue weighted by Gasteiger charge is 2.15. The van der Waals surface area contributed by atoms with Crippen molar-refractivity contribution in [2.24, 2.45) is 7.05 Å². The molecule has 0 aliphatic rings. The molecule has 0 saturated carbocycles. The van der Waals surface area contributed by atoms with E-state index in [9.17, 15) is 8.42 Å². The number of benzene rings is 1. The van der Waals surface area contributed by atoms with E-state index in [1.54, 1.807) is 29.8 Å². The van der Waals surface area contributed by atoms with E-state index in [1.165, 1.54) is 0 Å². The lowest BCUT2D eigenvalue weighted by atomic mass is 10.3. The summed E-state index contributed by atoms with van der Waals surface area (Å²) >= 11 is 0. The minimum Gasteiger partial charge on any atom is -0.384 e. The SMILES string of the molecule is CCS(=O)(=O)c1ccccc1NCCc1ccn(C)n1. The highest BCUT2D eigenvalue weighted by atomic mass is 32.2. The van der Waals surface area contributed by atoms with Crippen molar-refractivity contribution in [3.63, 3.8) is 0 Å². The smallest absolute Gasteiger partial charge is 0.180 e. The van der Waals surface area contributed by atoms with Gasteiger partial charge in [-0.05, 0) is 18.2 Å². The van der Waals surface area contributed by atoms with Gasteiger partial charge in [0.2, 0.25) is 0 Å². The molecule has 6 heteroatoms. The number of aromatic nitrogens is 2. The van der Waals surface area contributed by atoms with Crippen LogP contribution in [0.2, 0.25) is 0 Å². The van der Waals surface area contributed by atoms with Crippen molar-refractivity contribution >= 4 is 15.5 Å². The molecule has 1 aromatic heterocycles. The fourth-order valence-corrected chi connectivity index (χ4v) is 3.03. The Kier molecular flexibility index (Phi) is 4.44. The lowest BCUT2D eigenvalue weighted by Gasteiger charge is -2.11. The van der Waals surface area contributed by atoms with Gasteiger partial charge in [0.15, 0.2) is 9.84 Å². The van der Waals surface area contributed by atoms with E-state index in [0.717, 1.165) is 12.1 Å². The number of sulfone groups is 1. The van der Waals surface area contributed by atoms with Crippen molar-refractivity contribution in [3.8, 4) is 0 Å². The van der Waals surface area contributed by atoms with Crippen molar-refractivity contribution in [2.75, 3.05) is 17.6 Å². The van der Waals surface area contributed by atoms with Crippen molar-refractivity contribution in [1.82, 2.24) is 9.78 Å². The predicted molar refractivity (Wildman–Crippen MR) is 79.6 cm³/mol. The van der Waals surface area contributed by atoms with Crippen molar-refractivity contribution in [3.05, 3.63) is 42.2 Å². The number of rotatable bonds is 6. The van der Waals surface area contributed by atoms with Crippen LogP contribution < -0.4 is 5.32 Å². The van der Waals surface area contributed by atoms with Crippen LogP contribution in [-0.4, -0.2) is 30.5 Å². The first-order chi connectivity index (χ1) is 9.53. The zero-order valence-corrected chi connectivity index (χ0v) is 12.5. The highest BCUT2D eigenvalue weighted by molar-refractivity contribution is 7.91. The lowest BCUT2D eigenvalue weighted by Crippen LogP contribution is -2.11. The van der Waals surface area contributed by atoms with Gasteiger partial charge in [-0.1, -0.05) is 19.1 Å². The Labute approximate surface area is 119 Å². The molecule has 0 atom stereocenters. The van der Waals surface area contributed by atoms with Crippen LogP contribution in [0.1, 0.15) is 12.6 Å². The van der Waals surface area contributed by atoms with Crippen LogP contribution in [0.3, 0.4) is 0 Å². The van der Waals surface area contributed by atoms with E-state index in [-0.39, 0.29) is 5.75 Å². The second-order valence-corrected chi connectivity index (χ2v) is 6.80. The van der Waals surface area contributed by atoms with Gasteiger partial charge in [0.1, 0.15) is 0 Å². The zero-order chi connectivity index (χ0) is 14.6. The van der Waals surface area contributed by atoms with Crippen molar-refractivity contribution in [1.29, 1.82) is 0 Å². The summed E-state index contributed by atoms with van der Waals surface area (Å²) in [5.41, 5.74) is 1.64. The number of hydrogen-bond donors (Lipinski definition) is 1. The monoisotopic (exact) mass is 293 g/mol. The van der Waals surface area contributed by atoms with Crippen molar-refractivity contribution in [2.45, 2.75) is 18.2 Å². The number of nitrogens with one attached hydrogen (secondary N) is 1. The molecular formula is C14H19N3O2S. The summed E-state index contributed by atoms with van der Waals surface area (Å²) in [6.07, 6.45) is 2.65. The fraction of sp³-hybridized carbons (Fsp3) is 0.357. The average Bonchev–Trinajstić information content (AvgIpc) is 2.85. The third-order valence-electron chi connectivity index (χ3n) is 3.07. The minimum atomic E-state index is -3.20. The Morgan fingerprint density at radius 2 is 2.00 bits per heavy atom. The van der Waals surface area contributed by atoms with Gasteiger partial charge in [0, 0.05) is 26.2 Å². The molecule has 0 radical (unpaired) electrons. The molecule has 2 rings (SSSR count). The maximum absolute atomic E-state index is 12.0. The van der Waals surface area contributed by atoms with Gasteiger partial charge in [-0.3, -0.25) is 4.68 Å². The molecule has 0 bridgehead atoms. The summed E-state index contributed by atoms with van der Waals surface area (Å²) in [7, 11) is -1.33. The van der Waals surface area contributed by atoms with Gasteiger partial charge in [-0.25, -0.2) is 8.42 Å². The molecule has 0 aliphatic heterocycles. The molecule has 0 aliphatic carbocycles. The highest BCUT2D eigenvalue weighted by Crippen LogP contribution is 2.21. The van der Waals surface area contributed by atoms with Crippen LogP contribution in [0, 0.1) is 0 Å². The van der Waals surface area contributed by atoms with Crippen LogP contribution in [0.5, 0.6) is 0 Å². The first-order valence-corrected chi connectivity index (χ1v) is 8.22. The van der Waals surface area contributed by atoms with Crippen LogP contribution >= 0.6 is 0 Å². The maximum Gasteiger partial charge on any atom is 0.180 e. The van der Waals surface area contributed by atoms with Gasteiger partial charge in [-0.15, -0.1) is 0 Å².